The van der Waals surface area contributed by atoms with Crippen LogP contribution in [-0.4, -0.2) is 4.92 Å². The molecule has 0 spiro atoms. The van der Waals surface area contributed by atoms with E-state index in [0.29, 0.717) is 18.1 Å². The number of nitro benzene ring substituents is 1. The maximum atomic E-state index is 10.8. The zero-order chi connectivity index (χ0) is 14.5. The van der Waals surface area contributed by atoms with E-state index in [4.69, 9.17) is 23.2 Å². The van der Waals surface area contributed by atoms with Gasteiger partial charge in [0.15, 0.2) is 0 Å². The smallest absolute Gasteiger partial charge is 0.288 e. The van der Waals surface area contributed by atoms with Crippen molar-refractivity contribution in [1.29, 1.82) is 0 Å². The maximum absolute atomic E-state index is 10.8. The van der Waals surface area contributed by atoms with E-state index in [1.165, 1.54) is 12.1 Å². The Morgan fingerprint density at radius 1 is 1.05 bits per heavy atom. The predicted octanol–water partition coefficient (Wildman–Crippen LogP) is 4.19. The molecule has 4 nitrogen and oxygen atoms in total. The minimum atomic E-state index is -0.486. The van der Waals surface area contributed by atoms with Crippen molar-refractivity contribution in [3.8, 4) is 0 Å². The van der Waals surface area contributed by atoms with Crippen LogP contribution in [0.2, 0.25) is 10.0 Å². The third kappa shape index (κ3) is 3.70. The van der Waals surface area contributed by atoms with Crippen LogP contribution in [-0.2, 0) is 13.1 Å². The van der Waals surface area contributed by atoms with Gasteiger partial charge in [0, 0.05) is 24.2 Å². The quantitative estimate of drug-likeness (QED) is 0.665. The molecule has 6 heteroatoms. The van der Waals surface area contributed by atoms with Gasteiger partial charge in [-0.25, -0.2) is 0 Å². The molecule has 0 unspecified atom stereocenters. The second-order valence-electron chi connectivity index (χ2n) is 4.24. The molecular formula is C14H12Cl2N2O2. The molecular weight excluding hydrogens is 299 g/mol. The highest BCUT2D eigenvalue weighted by Gasteiger charge is 2.12. The van der Waals surface area contributed by atoms with E-state index in [1.807, 2.05) is 24.3 Å². The van der Waals surface area contributed by atoms with Crippen LogP contribution in [0.1, 0.15) is 11.1 Å². The van der Waals surface area contributed by atoms with Crippen LogP contribution in [0.5, 0.6) is 0 Å². The zero-order valence-electron chi connectivity index (χ0n) is 10.5. The van der Waals surface area contributed by atoms with E-state index in [9.17, 15) is 10.1 Å². The molecule has 0 radical (unpaired) electrons. The first kappa shape index (κ1) is 14.8. The number of rotatable bonds is 5. The second-order valence-corrected chi connectivity index (χ2v) is 5.05. The second kappa shape index (κ2) is 6.70. The van der Waals surface area contributed by atoms with E-state index >= 15 is 0 Å². The maximum Gasteiger partial charge on any atom is 0.288 e. The minimum Gasteiger partial charge on any atom is -0.309 e. The van der Waals surface area contributed by atoms with Gasteiger partial charge in [0.05, 0.1) is 4.92 Å². The van der Waals surface area contributed by atoms with Crippen molar-refractivity contribution in [1.82, 2.24) is 5.32 Å². The van der Waals surface area contributed by atoms with Gasteiger partial charge in [-0.3, -0.25) is 10.1 Å². The lowest BCUT2D eigenvalue weighted by atomic mass is 10.2. The molecule has 2 rings (SSSR count). The van der Waals surface area contributed by atoms with Gasteiger partial charge in [0.2, 0.25) is 0 Å². The summed E-state index contributed by atoms with van der Waals surface area (Å²) in [5.74, 6) is 0. The lowest BCUT2D eigenvalue weighted by Gasteiger charge is -2.07. The molecule has 0 amide bonds. The molecule has 0 aromatic heterocycles. The minimum absolute atomic E-state index is 0.0799. The molecule has 0 fully saturated rings. The average molecular weight is 311 g/mol. The van der Waals surface area contributed by atoms with Gasteiger partial charge in [0.25, 0.3) is 5.69 Å². The fraction of sp³-hybridized carbons (Fsp3) is 0.143. The summed E-state index contributed by atoms with van der Waals surface area (Å²) in [5, 5.41) is 14.8. The summed E-state index contributed by atoms with van der Waals surface area (Å²) >= 11 is 11.8. The number of nitrogens with zero attached hydrogens (tertiary/aromatic N) is 1. The Balaban J connectivity index is 2.00. The van der Waals surface area contributed by atoms with Gasteiger partial charge in [-0.1, -0.05) is 47.5 Å². The number of nitro groups is 1. The summed E-state index contributed by atoms with van der Waals surface area (Å²) in [6.07, 6.45) is 0. The van der Waals surface area contributed by atoms with Crippen molar-refractivity contribution >= 4 is 28.9 Å². The Kier molecular flexibility index (Phi) is 4.95. The monoisotopic (exact) mass is 310 g/mol. The average Bonchev–Trinajstić information content (AvgIpc) is 2.42. The Morgan fingerprint density at radius 3 is 2.50 bits per heavy atom. The molecule has 20 heavy (non-hydrogen) atoms. The van der Waals surface area contributed by atoms with Crippen molar-refractivity contribution in [3.05, 3.63) is 73.8 Å². The number of hydrogen-bond donors (Lipinski definition) is 1. The molecule has 0 aliphatic heterocycles. The fourth-order valence-corrected chi connectivity index (χ4v) is 2.18. The van der Waals surface area contributed by atoms with Crippen LogP contribution in [0.25, 0.3) is 0 Å². The Hall–Kier alpha value is -1.62. The molecule has 0 aliphatic rings. The van der Waals surface area contributed by atoms with E-state index in [1.54, 1.807) is 6.07 Å². The standard InChI is InChI=1S/C14H12Cl2N2O2/c15-12-4-2-1-3-11(12)9-17-8-10-5-6-13(16)14(7-10)18(19)20/h1-7,17H,8-9H2. The van der Waals surface area contributed by atoms with E-state index in [0.717, 1.165) is 11.1 Å². The first-order valence-electron chi connectivity index (χ1n) is 5.95. The van der Waals surface area contributed by atoms with Gasteiger partial charge in [-0.2, -0.15) is 0 Å². The van der Waals surface area contributed by atoms with Gasteiger partial charge < -0.3 is 5.32 Å². The number of benzene rings is 2. The summed E-state index contributed by atoms with van der Waals surface area (Å²) in [6.45, 7) is 1.10. The SMILES string of the molecule is O=[N+]([O-])c1cc(CNCc2ccccc2Cl)ccc1Cl. The molecule has 2 aromatic rings. The number of hydrogen-bond acceptors (Lipinski definition) is 3. The zero-order valence-corrected chi connectivity index (χ0v) is 12.0. The van der Waals surface area contributed by atoms with Crippen molar-refractivity contribution < 1.29 is 4.92 Å². The predicted molar refractivity (Wildman–Crippen MR) is 80.1 cm³/mol. The van der Waals surface area contributed by atoms with Crippen molar-refractivity contribution in [3.63, 3.8) is 0 Å². The van der Waals surface area contributed by atoms with Crippen LogP contribution >= 0.6 is 23.2 Å². The lowest BCUT2D eigenvalue weighted by Crippen LogP contribution is -2.13. The summed E-state index contributed by atoms with van der Waals surface area (Å²) < 4.78 is 0. The molecule has 0 aliphatic carbocycles. The Labute approximate surface area is 126 Å². The van der Waals surface area contributed by atoms with E-state index < -0.39 is 4.92 Å². The van der Waals surface area contributed by atoms with Gasteiger partial charge >= 0.3 is 0 Å². The number of nitrogens with one attached hydrogen (secondary N) is 1. The fourth-order valence-electron chi connectivity index (χ4n) is 1.79. The van der Waals surface area contributed by atoms with Gasteiger partial charge in [-0.15, -0.1) is 0 Å². The highest BCUT2D eigenvalue weighted by molar-refractivity contribution is 6.32. The van der Waals surface area contributed by atoms with Crippen molar-refractivity contribution in [2.75, 3.05) is 0 Å². The van der Waals surface area contributed by atoms with E-state index in [2.05, 4.69) is 5.32 Å². The number of halogens is 2. The van der Waals surface area contributed by atoms with E-state index in [-0.39, 0.29) is 10.7 Å². The normalized spacial score (nSPS) is 10.5. The lowest BCUT2D eigenvalue weighted by molar-refractivity contribution is -0.384. The van der Waals surface area contributed by atoms with Crippen LogP contribution < -0.4 is 5.32 Å². The van der Waals surface area contributed by atoms with Gasteiger partial charge in [-0.05, 0) is 23.3 Å². The molecule has 2 aromatic carbocycles. The van der Waals surface area contributed by atoms with Crippen molar-refractivity contribution in [2.24, 2.45) is 0 Å². The first-order valence-corrected chi connectivity index (χ1v) is 6.70. The van der Waals surface area contributed by atoms with Crippen LogP contribution in [0.4, 0.5) is 5.69 Å². The van der Waals surface area contributed by atoms with Crippen molar-refractivity contribution in [2.45, 2.75) is 13.1 Å². The molecule has 0 bridgehead atoms. The largest absolute Gasteiger partial charge is 0.309 e. The first-order chi connectivity index (χ1) is 9.58. The third-order valence-electron chi connectivity index (χ3n) is 2.81. The molecule has 0 heterocycles. The third-order valence-corrected chi connectivity index (χ3v) is 3.50. The summed E-state index contributed by atoms with van der Waals surface area (Å²) in [4.78, 5) is 10.3. The molecule has 104 valence electrons. The van der Waals surface area contributed by atoms with Crippen LogP contribution in [0.15, 0.2) is 42.5 Å². The summed E-state index contributed by atoms with van der Waals surface area (Å²) in [5.41, 5.74) is 1.70. The highest BCUT2D eigenvalue weighted by atomic mass is 35.5. The highest BCUT2D eigenvalue weighted by Crippen LogP contribution is 2.25. The summed E-state index contributed by atoms with van der Waals surface area (Å²) in [6, 6.07) is 12.3. The molecule has 0 saturated heterocycles. The molecule has 0 atom stereocenters. The van der Waals surface area contributed by atoms with Gasteiger partial charge in [0.1, 0.15) is 5.02 Å². The molecule has 0 saturated carbocycles. The van der Waals surface area contributed by atoms with Crippen LogP contribution in [0, 0.1) is 10.1 Å². The molecule has 1 N–H and O–H groups in total. The topological polar surface area (TPSA) is 55.2 Å². The Bertz CT molecular complexity index is 632. The summed E-state index contributed by atoms with van der Waals surface area (Å²) in [7, 11) is 0. The van der Waals surface area contributed by atoms with Crippen LogP contribution in [0.3, 0.4) is 0 Å². The Morgan fingerprint density at radius 2 is 1.80 bits per heavy atom.